The highest BCUT2D eigenvalue weighted by molar-refractivity contribution is 5.21. The van der Waals surface area contributed by atoms with Crippen LogP contribution in [-0.2, 0) is 0 Å². The fourth-order valence-electron chi connectivity index (χ4n) is 0.987. The van der Waals surface area contributed by atoms with Gasteiger partial charge in [-0.15, -0.1) is 0 Å². The Morgan fingerprint density at radius 2 is 2.00 bits per heavy atom. The van der Waals surface area contributed by atoms with Crippen molar-refractivity contribution in [2.24, 2.45) is 5.41 Å². The Morgan fingerprint density at radius 3 is 2.25 bits per heavy atom. The molecule has 0 heterocycles. The van der Waals surface area contributed by atoms with Gasteiger partial charge in [-0.3, -0.25) is 0 Å². The standard InChI is InChI=1S/C10H18FN/c1-6-8(11)9(12-7-2)10(3,4)5/h6,12H,1,7H2,2-5H3/b9-8+. The lowest BCUT2D eigenvalue weighted by Gasteiger charge is -2.24. The highest BCUT2D eigenvalue weighted by Crippen LogP contribution is 2.26. The summed E-state index contributed by atoms with van der Waals surface area (Å²) >= 11 is 0. The average molecular weight is 171 g/mol. The van der Waals surface area contributed by atoms with Crippen molar-refractivity contribution in [2.45, 2.75) is 27.7 Å². The minimum Gasteiger partial charge on any atom is -0.386 e. The molecule has 0 amide bonds. The lowest BCUT2D eigenvalue weighted by atomic mass is 9.91. The van der Waals surface area contributed by atoms with Crippen LogP contribution in [0.5, 0.6) is 0 Å². The van der Waals surface area contributed by atoms with E-state index in [0.29, 0.717) is 5.70 Å². The normalized spacial score (nSPS) is 13.8. The Morgan fingerprint density at radius 1 is 1.50 bits per heavy atom. The summed E-state index contributed by atoms with van der Waals surface area (Å²) in [6, 6.07) is 0. The molecule has 0 aromatic rings. The molecule has 0 radical (unpaired) electrons. The molecule has 0 aromatic heterocycles. The largest absolute Gasteiger partial charge is 0.386 e. The molecule has 0 bridgehead atoms. The van der Waals surface area contributed by atoms with Gasteiger partial charge in [-0.05, 0) is 13.0 Å². The van der Waals surface area contributed by atoms with Crippen LogP contribution in [0.1, 0.15) is 27.7 Å². The summed E-state index contributed by atoms with van der Waals surface area (Å²) in [5, 5.41) is 3.01. The first-order chi connectivity index (χ1) is 5.43. The zero-order chi connectivity index (χ0) is 9.78. The first-order valence-corrected chi connectivity index (χ1v) is 4.20. The van der Waals surface area contributed by atoms with Crippen molar-refractivity contribution in [3.63, 3.8) is 0 Å². The maximum absolute atomic E-state index is 13.2. The molecule has 70 valence electrons. The molecule has 0 saturated heterocycles. The third kappa shape index (κ3) is 3.07. The van der Waals surface area contributed by atoms with Gasteiger partial charge in [-0.2, -0.15) is 0 Å². The van der Waals surface area contributed by atoms with Gasteiger partial charge in [0.25, 0.3) is 0 Å². The Bertz CT molecular complexity index is 187. The third-order valence-corrected chi connectivity index (χ3v) is 1.52. The Balaban J connectivity index is 4.78. The molecule has 0 aliphatic rings. The van der Waals surface area contributed by atoms with Crippen molar-refractivity contribution in [2.75, 3.05) is 6.54 Å². The summed E-state index contributed by atoms with van der Waals surface area (Å²) in [6.45, 7) is 12.0. The second-order valence-corrected chi connectivity index (χ2v) is 3.71. The van der Waals surface area contributed by atoms with Crippen molar-refractivity contribution in [1.29, 1.82) is 0 Å². The molecule has 0 rings (SSSR count). The smallest absolute Gasteiger partial charge is 0.142 e. The topological polar surface area (TPSA) is 12.0 Å². The molecular weight excluding hydrogens is 153 g/mol. The van der Waals surface area contributed by atoms with Crippen LogP contribution >= 0.6 is 0 Å². The minimum atomic E-state index is -0.260. The van der Waals surface area contributed by atoms with E-state index in [1.807, 2.05) is 27.7 Å². The lowest BCUT2D eigenvalue weighted by molar-refractivity contribution is 0.438. The highest BCUT2D eigenvalue weighted by Gasteiger charge is 2.19. The predicted molar refractivity (Wildman–Crippen MR) is 51.5 cm³/mol. The van der Waals surface area contributed by atoms with Crippen LogP contribution in [0.3, 0.4) is 0 Å². The van der Waals surface area contributed by atoms with Crippen LogP contribution in [0.4, 0.5) is 4.39 Å². The number of hydrogen-bond acceptors (Lipinski definition) is 1. The van der Waals surface area contributed by atoms with Crippen LogP contribution in [0.2, 0.25) is 0 Å². The van der Waals surface area contributed by atoms with E-state index in [-0.39, 0.29) is 11.2 Å². The molecule has 1 N–H and O–H groups in total. The summed E-state index contributed by atoms with van der Waals surface area (Å²) in [7, 11) is 0. The maximum Gasteiger partial charge on any atom is 0.142 e. The fourth-order valence-corrected chi connectivity index (χ4v) is 0.987. The molecule has 0 saturated carbocycles. The van der Waals surface area contributed by atoms with E-state index in [1.165, 1.54) is 6.08 Å². The van der Waals surface area contributed by atoms with Gasteiger partial charge in [0.1, 0.15) is 5.83 Å². The van der Waals surface area contributed by atoms with Gasteiger partial charge < -0.3 is 5.32 Å². The summed E-state index contributed by atoms with van der Waals surface area (Å²) < 4.78 is 13.2. The van der Waals surface area contributed by atoms with Crippen molar-refractivity contribution in [3.05, 3.63) is 24.2 Å². The number of allylic oxidation sites excluding steroid dienone is 3. The molecule has 0 unspecified atom stereocenters. The number of rotatable bonds is 3. The van der Waals surface area contributed by atoms with Crippen LogP contribution in [0.15, 0.2) is 24.2 Å². The van der Waals surface area contributed by atoms with E-state index >= 15 is 0 Å². The van der Waals surface area contributed by atoms with Gasteiger partial charge in [0, 0.05) is 12.0 Å². The predicted octanol–water partition coefficient (Wildman–Crippen LogP) is 3.01. The first-order valence-electron chi connectivity index (χ1n) is 4.20. The second kappa shape index (κ2) is 4.29. The third-order valence-electron chi connectivity index (χ3n) is 1.52. The van der Waals surface area contributed by atoms with Crippen LogP contribution in [0, 0.1) is 5.41 Å². The van der Waals surface area contributed by atoms with Crippen molar-refractivity contribution < 1.29 is 4.39 Å². The SMILES string of the molecule is C=C/C(F)=C(\NCC)C(C)(C)C. The van der Waals surface area contributed by atoms with Crippen LogP contribution in [-0.4, -0.2) is 6.54 Å². The van der Waals surface area contributed by atoms with Gasteiger partial charge in [0.15, 0.2) is 0 Å². The molecule has 0 aliphatic carbocycles. The lowest BCUT2D eigenvalue weighted by Crippen LogP contribution is -2.25. The highest BCUT2D eigenvalue weighted by atomic mass is 19.1. The molecule has 1 nitrogen and oxygen atoms in total. The molecule has 0 fully saturated rings. The summed E-state index contributed by atoms with van der Waals surface area (Å²) in [5.41, 5.74) is 0.439. The summed E-state index contributed by atoms with van der Waals surface area (Å²) in [6.07, 6.45) is 1.24. The number of hydrogen-bond donors (Lipinski definition) is 1. The fraction of sp³-hybridized carbons (Fsp3) is 0.600. The van der Waals surface area contributed by atoms with Crippen LogP contribution < -0.4 is 5.32 Å². The Labute approximate surface area is 74.4 Å². The number of nitrogens with one attached hydrogen (secondary N) is 1. The van der Waals surface area contributed by atoms with Crippen molar-refractivity contribution in [3.8, 4) is 0 Å². The molecule has 0 aliphatic heterocycles. The summed E-state index contributed by atoms with van der Waals surface area (Å²) in [4.78, 5) is 0. The zero-order valence-electron chi connectivity index (χ0n) is 8.37. The van der Waals surface area contributed by atoms with Gasteiger partial charge in [0.05, 0.1) is 5.70 Å². The van der Waals surface area contributed by atoms with Crippen molar-refractivity contribution >= 4 is 0 Å². The van der Waals surface area contributed by atoms with Gasteiger partial charge in [-0.25, -0.2) is 4.39 Å². The first kappa shape index (κ1) is 11.2. The van der Waals surface area contributed by atoms with E-state index in [9.17, 15) is 4.39 Å². The zero-order valence-corrected chi connectivity index (χ0v) is 8.37. The Hall–Kier alpha value is -0.790. The molecular formula is C10H18FN. The average Bonchev–Trinajstić information content (AvgIpc) is 1.96. The molecule has 0 atom stereocenters. The van der Waals surface area contributed by atoms with Gasteiger partial charge in [-0.1, -0.05) is 27.4 Å². The summed E-state index contributed by atoms with van der Waals surface area (Å²) in [5.74, 6) is -0.260. The second-order valence-electron chi connectivity index (χ2n) is 3.71. The minimum absolute atomic E-state index is 0.186. The van der Waals surface area contributed by atoms with Gasteiger partial charge >= 0.3 is 0 Å². The van der Waals surface area contributed by atoms with E-state index in [0.717, 1.165) is 6.54 Å². The van der Waals surface area contributed by atoms with E-state index in [1.54, 1.807) is 0 Å². The van der Waals surface area contributed by atoms with E-state index in [4.69, 9.17) is 0 Å². The van der Waals surface area contributed by atoms with Gasteiger partial charge in [0.2, 0.25) is 0 Å². The molecule has 12 heavy (non-hydrogen) atoms. The monoisotopic (exact) mass is 171 g/mol. The molecule has 0 aromatic carbocycles. The number of halogens is 1. The van der Waals surface area contributed by atoms with E-state index < -0.39 is 0 Å². The van der Waals surface area contributed by atoms with E-state index in [2.05, 4.69) is 11.9 Å². The Kier molecular flexibility index (Phi) is 4.01. The molecule has 0 spiro atoms. The van der Waals surface area contributed by atoms with Crippen molar-refractivity contribution in [1.82, 2.24) is 5.32 Å². The molecule has 2 heteroatoms. The maximum atomic E-state index is 13.2. The van der Waals surface area contributed by atoms with Crippen LogP contribution in [0.25, 0.3) is 0 Å². The quantitative estimate of drug-likeness (QED) is 0.644.